The van der Waals surface area contributed by atoms with Crippen molar-refractivity contribution >= 4 is 43.6 Å². The molecule has 0 N–H and O–H groups in total. The summed E-state index contributed by atoms with van der Waals surface area (Å²) in [5.74, 6) is 0. The molecule has 2 aromatic heterocycles. The van der Waals surface area contributed by atoms with Crippen molar-refractivity contribution in [3.8, 4) is 22.5 Å². The van der Waals surface area contributed by atoms with Crippen LogP contribution in [0.25, 0.3) is 66.1 Å². The maximum Gasteiger partial charge on any atom is 0.0645 e. The Bertz CT molecular complexity index is 2500. The fraction of sp³-hybridized carbons (Fsp3) is 0. The third-order valence-electron chi connectivity index (χ3n) is 7.23. The molecule has 0 fully saturated rings. The van der Waals surface area contributed by atoms with Gasteiger partial charge in [0.05, 0.1) is 37.3 Å². The van der Waals surface area contributed by atoms with Crippen molar-refractivity contribution in [2.24, 2.45) is 0 Å². The lowest BCUT2D eigenvalue weighted by atomic mass is 10.0. The molecule has 0 unspecified atom stereocenters. The van der Waals surface area contributed by atoms with Crippen molar-refractivity contribution in [3.05, 3.63) is 145 Å². The fourth-order valence-corrected chi connectivity index (χ4v) is 5.64. The fourth-order valence-electron chi connectivity index (χ4n) is 5.64. The number of aromatic nitrogens is 2. The molecule has 0 bridgehead atoms. The van der Waals surface area contributed by atoms with Crippen molar-refractivity contribution in [3.63, 3.8) is 0 Å². The molecule has 0 radical (unpaired) electrons. The zero-order valence-electron chi connectivity index (χ0n) is 27.2. The molecule has 2 nitrogen and oxygen atoms in total. The number of benzene rings is 6. The molecular formula is C36H24N2. The summed E-state index contributed by atoms with van der Waals surface area (Å²) in [6.07, 6.45) is 0. The van der Waals surface area contributed by atoms with Gasteiger partial charge < -0.3 is 9.13 Å². The van der Waals surface area contributed by atoms with Gasteiger partial charge in [0.15, 0.2) is 0 Å². The van der Waals surface area contributed by atoms with Gasteiger partial charge in [-0.15, -0.1) is 0 Å². The van der Waals surface area contributed by atoms with E-state index in [2.05, 4.69) is 16.7 Å². The van der Waals surface area contributed by atoms with Gasteiger partial charge in [0.2, 0.25) is 0 Å². The smallest absolute Gasteiger partial charge is 0.0645 e. The number of hydrogen-bond donors (Lipinski definition) is 0. The number of hydrogen-bond acceptors (Lipinski definition) is 0. The normalized spacial score (nSPS) is 14.3. The molecule has 0 aliphatic rings. The Morgan fingerprint density at radius 3 is 1.95 bits per heavy atom. The van der Waals surface area contributed by atoms with E-state index in [1.165, 1.54) is 12.1 Å². The summed E-state index contributed by atoms with van der Waals surface area (Å²) in [6, 6.07) is 32.1. The molecule has 8 rings (SSSR count). The Morgan fingerprint density at radius 2 is 1.11 bits per heavy atom. The van der Waals surface area contributed by atoms with Crippen molar-refractivity contribution < 1.29 is 9.60 Å². The van der Waals surface area contributed by atoms with Gasteiger partial charge >= 0.3 is 0 Å². The first-order valence-electron chi connectivity index (χ1n) is 16.0. The Hall–Kier alpha value is -5.08. The molecule has 2 heterocycles. The first-order valence-corrected chi connectivity index (χ1v) is 12.5. The van der Waals surface area contributed by atoms with Crippen LogP contribution >= 0.6 is 0 Å². The summed E-state index contributed by atoms with van der Waals surface area (Å²) in [5.41, 5.74) is 5.82. The van der Waals surface area contributed by atoms with E-state index in [-0.39, 0.29) is 42.3 Å². The SMILES string of the molecule is [2H]c1cc([2H])c(-c2ccccc2-n2c3ccccc3c3cc(-n4c5ccccc5c5c([2H])c([2H])c([2H])c([2H])c54)ccc32)c([2H])c1. The largest absolute Gasteiger partial charge is 0.309 e. The summed E-state index contributed by atoms with van der Waals surface area (Å²) in [4.78, 5) is 0. The minimum atomic E-state index is -0.271. The maximum atomic E-state index is 8.85. The van der Waals surface area contributed by atoms with E-state index < -0.39 is 0 Å². The molecule has 6 aromatic carbocycles. The molecule has 178 valence electrons. The number of nitrogens with zero attached hydrogens (tertiary/aromatic N) is 2. The van der Waals surface area contributed by atoms with Gasteiger partial charge in [-0.25, -0.2) is 0 Å². The highest BCUT2D eigenvalue weighted by atomic mass is 15.0. The van der Waals surface area contributed by atoms with Crippen LogP contribution < -0.4 is 0 Å². The lowest BCUT2D eigenvalue weighted by Gasteiger charge is -2.14. The Labute approximate surface area is 230 Å². The first kappa shape index (κ1) is 15.2. The average Bonchev–Trinajstić information content (AvgIpc) is 3.56. The topological polar surface area (TPSA) is 9.86 Å². The van der Waals surface area contributed by atoms with E-state index in [4.69, 9.17) is 9.60 Å². The van der Waals surface area contributed by atoms with Gasteiger partial charge in [0.1, 0.15) is 0 Å². The average molecular weight is 492 g/mol. The molecule has 0 saturated heterocycles. The standard InChI is InChI=1S/C36H24N2/c1-2-12-25(13-3-1)27-14-4-8-18-32(27)38-35-21-11-7-17-30(35)31-24-26(22-23-36(31)38)37-33-19-9-5-15-28(33)29-16-6-10-20-34(29)37/h1-24H/i1D,5D,9D,12D,13D,15D,19D. The van der Waals surface area contributed by atoms with E-state index in [9.17, 15) is 0 Å². The molecule has 0 atom stereocenters. The highest BCUT2D eigenvalue weighted by Gasteiger charge is 2.17. The van der Waals surface area contributed by atoms with Crippen LogP contribution in [0.5, 0.6) is 0 Å². The van der Waals surface area contributed by atoms with E-state index in [1.54, 1.807) is 0 Å². The second-order valence-electron chi connectivity index (χ2n) is 9.27. The van der Waals surface area contributed by atoms with Crippen molar-refractivity contribution in [2.45, 2.75) is 0 Å². The van der Waals surface area contributed by atoms with Crippen LogP contribution in [0.3, 0.4) is 0 Å². The molecule has 0 spiro atoms. The third-order valence-corrected chi connectivity index (χ3v) is 7.23. The van der Waals surface area contributed by atoms with Crippen LogP contribution in [-0.4, -0.2) is 9.13 Å². The molecule has 0 amide bonds. The Morgan fingerprint density at radius 1 is 0.447 bits per heavy atom. The second kappa shape index (κ2) is 8.22. The minimum absolute atomic E-state index is 0.0591. The zero-order chi connectivity index (χ0) is 31.1. The maximum absolute atomic E-state index is 8.85. The molecule has 0 aliphatic heterocycles. The van der Waals surface area contributed by atoms with Gasteiger partial charge in [0, 0.05) is 32.8 Å². The van der Waals surface area contributed by atoms with E-state index >= 15 is 0 Å². The lowest BCUT2D eigenvalue weighted by molar-refractivity contribution is 1.17. The molecule has 0 aliphatic carbocycles. The summed E-state index contributed by atoms with van der Waals surface area (Å²) in [7, 11) is 0. The molecule has 8 aromatic rings. The van der Waals surface area contributed by atoms with Gasteiger partial charge in [0.25, 0.3) is 0 Å². The summed E-state index contributed by atoms with van der Waals surface area (Å²) >= 11 is 0. The lowest BCUT2D eigenvalue weighted by Crippen LogP contribution is -1.97. The van der Waals surface area contributed by atoms with Crippen molar-refractivity contribution in [1.29, 1.82) is 0 Å². The minimum Gasteiger partial charge on any atom is -0.309 e. The van der Waals surface area contributed by atoms with E-state index in [0.29, 0.717) is 16.5 Å². The summed E-state index contributed by atoms with van der Waals surface area (Å²) < 4.78 is 63.6. The quantitative estimate of drug-likeness (QED) is 0.233. The summed E-state index contributed by atoms with van der Waals surface area (Å²) in [6.45, 7) is 0. The first-order chi connectivity index (χ1) is 21.8. The van der Waals surface area contributed by atoms with Crippen LogP contribution in [0.2, 0.25) is 0 Å². The Kier molecular flexibility index (Phi) is 3.30. The molecule has 38 heavy (non-hydrogen) atoms. The van der Waals surface area contributed by atoms with E-state index in [1.807, 2.05) is 83.4 Å². The highest BCUT2D eigenvalue weighted by Crippen LogP contribution is 2.38. The second-order valence-corrected chi connectivity index (χ2v) is 9.27. The van der Waals surface area contributed by atoms with Gasteiger partial charge in [-0.1, -0.05) is 103 Å². The van der Waals surface area contributed by atoms with Crippen LogP contribution in [-0.2, 0) is 0 Å². The third kappa shape index (κ3) is 3.01. The van der Waals surface area contributed by atoms with E-state index in [0.717, 1.165) is 49.6 Å². The van der Waals surface area contributed by atoms with Crippen LogP contribution in [0.15, 0.2) is 145 Å². The molecule has 2 heteroatoms. The van der Waals surface area contributed by atoms with Gasteiger partial charge in [-0.2, -0.15) is 0 Å². The zero-order valence-corrected chi connectivity index (χ0v) is 20.2. The Balaban J connectivity index is 1.46. The predicted molar refractivity (Wildman–Crippen MR) is 161 cm³/mol. The highest BCUT2D eigenvalue weighted by molar-refractivity contribution is 6.12. The number of rotatable bonds is 3. The number of para-hydroxylation sites is 4. The van der Waals surface area contributed by atoms with Gasteiger partial charge in [-0.05, 0) is 48.0 Å². The summed E-state index contributed by atoms with van der Waals surface area (Å²) in [5, 5.41) is 3.19. The van der Waals surface area contributed by atoms with Gasteiger partial charge in [-0.3, -0.25) is 0 Å². The molecule has 0 saturated carbocycles. The van der Waals surface area contributed by atoms with Crippen LogP contribution in [0, 0.1) is 0 Å². The molecular weight excluding hydrogens is 460 g/mol. The van der Waals surface area contributed by atoms with Crippen molar-refractivity contribution in [1.82, 2.24) is 9.13 Å². The predicted octanol–water partition coefficient (Wildman–Crippen LogP) is 9.55. The van der Waals surface area contributed by atoms with Crippen molar-refractivity contribution in [2.75, 3.05) is 0 Å². The van der Waals surface area contributed by atoms with Crippen LogP contribution in [0.4, 0.5) is 0 Å². The number of fused-ring (bicyclic) bond motifs is 6. The van der Waals surface area contributed by atoms with Crippen LogP contribution in [0.1, 0.15) is 9.60 Å². The monoisotopic (exact) mass is 491 g/mol.